The lowest BCUT2D eigenvalue weighted by Crippen LogP contribution is -2.55. The van der Waals surface area contributed by atoms with Crippen LogP contribution in [0.3, 0.4) is 0 Å². The van der Waals surface area contributed by atoms with Crippen molar-refractivity contribution in [2.45, 2.75) is 179 Å². The number of guanidine groups is 2. The van der Waals surface area contributed by atoms with Gasteiger partial charge >= 0.3 is 5.97 Å². The van der Waals surface area contributed by atoms with Crippen LogP contribution in [0.1, 0.15) is 116 Å². The number of hydrogen-bond acceptors (Lipinski definition) is 15. The maximum absolute atomic E-state index is 14.9. The molecule has 14 N–H and O–H groups in total. The Morgan fingerprint density at radius 3 is 1.88 bits per heavy atom. The van der Waals surface area contributed by atoms with Gasteiger partial charge in [-0.3, -0.25) is 57.9 Å². The zero-order valence-corrected chi connectivity index (χ0v) is 51.1. The van der Waals surface area contributed by atoms with Gasteiger partial charge in [-0.2, -0.15) is 12.6 Å². The zero-order chi connectivity index (χ0) is 62.0. The van der Waals surface area contributed by atoms with E-state index in [2.05, 4.69) is 43.9 Å². The Balaban J connectivity index is 1.93. The number of phenols is 1. The van der Waals surface area contributed by atoms with Crippen molar-refractivity contribution in [3.63, 3.8) is 0 Å². The van der Waals surface area contributed by atoms with Crippen LogP contribution in [0, 0.1) is 17.8 Å². The van der Waals surface area contributed by atoms with Crippen LogP contribution < -0.4 is 44.2 Å². The lowest BCUT2D eigenvalue weighted by Gasteiger charge is -2.31. The zero-order valence-electron chi connectivity index (χ0n) is 49.2. The monoisotopic (exact) mass is 1200 g/mol. The summed E-state index contributed by atoms with van der Waals surface area (Å²) in [6.45, 7) is 9.77. The SMILES string of the molecule is COC(C)[C@H](NC(=O)[C@@H](CC(=O)[C@@H]1CCCN1C(=O)[C@H](CCCN=C(N)N)CC(=O)[C@@H](CCCN=C(N)N)NC(=O)[C@@H]1CCCN1C(=O)[C@H](CCCCNC(=O)CCS)NC(C)=O)Cc1ccc(O)cc1)C(=O)C[C@@H](C[Si](C)(C)C)C(=O)O. The van der Waals surface area contributed by atoms with E-state index in [1.54, 1.807) is 19.1 Å². The van der Waals surface area contributed by atoms with Gasteiger partial charge < -0.3 is 69.0 Å². The van der Waals surface area contributed by atoms with Gasteiger partial charge in [0.1, 0.15) is 23.9 Å². The number of carbonyl (C=O) groups excluding carboxylic acids is 9. The van der Waals surface area contributed by atoms with Crippen LogP contribution in [0.2, 0.25) is 25.7 Å². The van der Waals surface area contributed by atoms with E-state index >= 15 is 0 Å². The first-order chi connectivity index (χ1) is 39.1. The summed E-state index contributed by atoms with van der Waals surface area (Å²) in [6.07, 6.45) is 1.44. The van der Waals surface area contributed by atoms with Crippen molar-refractivity contribution in [3.8, 4) is 5.75 Å². The number of ketones is 3. The number of unbranched alkanes of at least 4 members (excludes halogenated alkanes) is 1. The van der Waals surface area contributed by atoms with Crippen LogP contribution in [0.4, 0.5) is 0 Å². The number of aliphatic imine (C=N–C) groups is 2. The molecule has 25 nitrogen and oxygen atoms in total. The largest absolute Gasteiger partial charge is 0.508 e. The molecule has 27 heteroatoms. The first kappa shape index (κ1) is 70.7. The molecule has 0 aliphatic carbocycles. The van der Waals surface area contributed by atoms with E-state index in [0.29, 0.717) is 49.6 Å². The molecule has 0 saturated carbocycles. The van der Waals surface area contributed by atoms with E-state index in [0.717, 1.165) is 0 Å². The number of likely N-dealkylation sites (tertiary alicyclic amines) is 2. The van der Waals surface area contributed by atoms with Crippen molar-refractivity contribution in [2.24, 2.45) is 50.7 Å². The predicted octanol–water partition coefficient (Wildman–Crippen LogP) is 1.29. The number of methoxy groups -OCH3 is 1. The van der Waals surface area contributed by atoms with Crippen LogP contribution in [0.25, 0.3) is 0 Å². The number of nitrogens with two attached hydrogens (primary N) is 4. The van der Waals surface area contributed by atoms with Crippen LogP contribution in [0.15, 0.2) is 34.3 Å². The second-order valence-electron chi connectivity index (χ2n) is 22.9. The summed E-state index contributed by atoms with van der Waals surface area (Å²) in [5, 5.41) is 31.2. The van der Waals surface area contributed by atoms with Gasteiger partial charge in [-0.25, -0.2) is 0 Å². The van der Waals surface area contributed by atoms with Crippen molar-refractivity contribution in [1.29, 1.82) is 0 Å². The van der Waals surface area contributed by atoms with Gasteiger partial charge in [0.05, 0.1) is 24.1 Å². The Morgan fingerprint density at radius 1 is 0.735 bits per heavy atom. The maximum atomic E-state index is 14.9. The molecule has 83 heavy (non-hydrogen) atoms. The van der Waals surface area contributed by atoms with E-state index in [-0.39, 0.29) is 114 Å². The molecule has 1 unspecified atom stereocenters. The molecule has 0 spiro atoms. The summed E-state index contributed by atoms with van der Waals surface area (Å²) < 4.78 is 5.51. The summed E-state index contributed by atoms with van der Waals surface area (Å²) in [5.74, 6) is -8.69. The second-order valence-corrected chi connectivity index (χ2v) is 28.9. The highest BCUT2D eigenvalue weighted by Crippen LogP contribution is 2.29. The van der Waals surface area contributed by atoms with Gasteiger partial charge in [-0.15, -0.1) is 0 Å². The number of hydrogen-bond donors (Lipinski definition) is 11. The highest BCUT2D eigenvalue weighted by atomic mass is 32.1. The van der Waals surface area contributed by atoms with Crippen molar-refractivity contribution in [1.82, 2.24) is 31.1 Å². The molecule has 2 heterocycles. The Labute approximate surface area is 493 Å². The molecular formula is C56H92N12O13SSi. The minimum atomic E-state index is -1.96. The molecule has 9 atom stereocenters. The number of nitrogens with zero attached hydrogens (tertiary/aromatic N) is 4. The highest BCUT2D eigenvalue weighted by molar-refractivity contribution is 7.80. The predicted molar refractivity (Wildman–Crippen MR) is 320 cm³/mol. The number of Topliss-reactive ketones (excluding diaryl/α,β-unsaturated/α-hetero) is 3. The number of carboxylic acids is 1. The molecule has 0 radical (unpaired) electrons. The molecular weight excluding hydrogens is 1110 g/mol. The molecule has 6 amide bonds. The summed E-state index contributed by atoms with van der Waals surface area (Å²) >= 11 is 4.07. The van der Waals surface area contributed by atoms with Crippen molar-refractivity contribution < 1.29 is 62.9 Å². The average Bonchev–Trinajstić information content (AvgIpc) is 4.27. The van der Waals surface area contributed by atoms with Crippen molar-refractivity contribution in [2.75, 3.05) is 45.6 Å². The number of carboxylic acid groups (broad SMARTS) is 1. The normalized spacial score (nSPS) is 17.6. The number of ether oxygens (including phenoxy) is 1. The summed E-state index contributed by atoms with van der Waals surface area (Å²) in [6, 6.07) is 0.930. The van der Waals surface area contributed by atoms with Crippen LogP contribution >= 0.6 is 12.6 Å². The third kappa shape index (κ3) is 25.0. The molecule has 2 saturated heterocycles. The standard InChI is InChI=1S/C56H92N12O13SSi/c1-34(81-3)49(47(73)32-39(54(79)80)33-83(4,5)6)66-50(75)38(29-36-18-20-40(70)21-19-36)31-46(72)43-16-11-26-67(43)52(77)37(13-9-24-62-55(57)58)30-45(71)41(15-10-25-63-56(59)60)65-51(76)44-17-12-27-68(44)53(78)42(64-35(2)69)14-7-8-23-61-48(74)22-28-82/h18-21,34,37-39,41-44,49,70,82H,7-17,22-33H2,1-6H3,(H,61,74)(H,64,69)(H,65,76)(H,66,75)(H,79,80)(H4,57,58,62)(H4,59,60,63)/t34?,37-,38-,39+,41-,42+,43+,44+,49+/m1/s1. The number of thiol groups is 1. The van der Waals surface area contributed by atoms with E-state index in [1.165, 1.54) is 36.0 Å². The number of rotatable bonds is 38. The van der Waals surface area contributed by atoms with Crippen molar-refractivity contribution >= 4 is 91.4 Å². The van der Waals surface area contributed by atoms with Gasteiger partial charge in [0.25, 0.3) is 0 Å². The van der Waals surface area contributed by atoms with Gasteiger partial charge in [0.2, 0.25) is 35.4 Å². The lowest BCUT2D eigenvalue weighted by atomic mass is 9.88. The number of phenolic OH excluding ortho intramolecular Hbond substituents is 1. The number of benzene rings is 1. The minimum Gasteiger partial charge on any atom is -0.508 e. The number of aromatic hydroxyl groups is 1. The minimum absolute atomic E-state index is 0.0194. The maximum Gasteiger partial charge on any atom is 0.306 e. The molecule has 464 valence electrons. The molecule has 0 aromatic heterocycles. The van der Waals surface area contributed by atoms with Gasteiger partial charge in [0.15, 0.2) is 29.3 Å². The second kappa shape index (κ2) is 35.5. The number of aliphatic carboxylic acids is 1. The quantitative estimate of drug-likeness (QED) is 0.0146. The first-order valence-electron chi connectivity index (χ1n) is 28.7. The first-order valence-corrected chi connectivity index (χ1v) is 33.1. The van der Waals surface area contributed by atoms with Gasteiger partial charge in [-0.1, -0.05) is 31.8 Å². The third-order valence-electron chi connectivity index (χ3n) is 14.8. The summed E-state index contributed by atoms with van der Waals surface area (Å²) in [7, 11) is -0.602. The van der Waals surface area contributed by atoms with E-state index in [9.17, 15) is 58.2 Å². The van der Waals surface area contributed by atoms with Gasteiger partial charge in [0, 0.05) is 92.4 Å². The summed E-state index contributed by atoms with van der Waals surface area (Å²) in [5.41, 5.74) is 23.0. The molecule has 2 fully saturated rings. The Kier molecular flexibility index (Phi) is 30.2. The fraction of sp³-hybridized carbons (Fsp3) is 0.679. The molecule has 2 aliphatic heterocycles. The molecule has 1 aromatic rings. The smallest absolute Gasteiger partial charge is 0.306 e. The number of carbonyl (C=O) groups is 10. The van der Waals surface area contributed by atoms with E-state index in [4.69, 9.17) is 27.7 Å². The lowest BCUT2D eigenvalue weighted by molar-refractivity contribution is -0.144. The Bertz CT molecular complexity index is 2440. The average molecular weight is 1200 g/mol. The highest BCUT2D eigenvalue weighted by Gasteiger charge is 2.42. The number of amides is 6. The fourth-order valence-corrected chi connectivity index (χ4v) is 12.6. The van der Waals surface area contributed by atoms with Gasteiger partial charge in [-0.05, 0) is 113 Å². The third-order valence-corrected chi connectivity index (χ3v) is 16.8. The Hall–Kier alpha value is -6.61. The van der Waals surface area contributed by atoms with Crippen LogP contribution in [-0.4, -0.2) is 181 Å². The molecule has 2 aliphatic rings. The van der Waals surface area contributed by atoms with Crippen molar-refractivity contribution in [3.05, 3.63) is 29.8 Å². The topological polar surface area (TPSA) is 404 Å². The fourth-order valence-electron chi connectivity index (χ4n) is 10.6. The Morgan fingerprint density at radius 2 is 1.31 bits per heavy atom. The van der Waals surface area contributed by atoms with E-state index in [1.807, 2.05) is 19.6 Å². The molecule has 3 rings (SSSR count). The number of nitrogens with one attached hydrogen (secondary N) is 4. The van der Waals surface area contributed by atoms with Crippen LogP contribution in [-0.2, 0) is 59.1 Å². The molecule has 1 aromatic carbocycles. The molecule has 0 bridgehead atoms. The van der Waals surface area contributed by atoms with E-state index < -0.39 is 128 Å². The summed E-state index contributed by atoms with van der Waals surface area (Å²) in [4.78, 5) is 149. The van der Waals surface area contributed by atoms with Crippen LogP contribution in [0.5, 0.6) is 5.75 Å².